The van der Waals surface area contributed by atoms with Crippen molar-refractivity contribution in [2.24, 2.45) is 17.8 Å². The van der Waals surface area contributed by atoms with Gasteiger partial charge in [-0.25, -0.2) is 0 Å². The van der Waals surface area contributed by atoms with E-state index in [1.54, 1.807) is 87.8 Å². The normalized spacial score (nSPS) is 18.0. The highest BCUT2D eigenvalue weighted by Gasteiger charge is 2.41. The number of fused-ring (bicyclic) bond motifs is 6. The van der Waals surface area contributed by atoms with Crippen LogP contribution in [-0.4, -0.2) is 116 Å². The van der Waals surface area contributed by atoms with Gasteiger partial charge in [-0.1, -0.05) is 34.1 Å². The highest BCUT2D eigenvalue weighted by molar-refractivity contribution is 9.11. The van der Waals surface area contributed by atoms with Gasteiger partial charge in [0.25, 0.3) is 0 Å². The lowest BCUT2D eigenvalue weighted by Gasteiger charge is -2.37. The first kappa shape index (κ1) is 74.2. The molecule has 17 nitrogen and oxygen atoms in total. The number of carbonyl (C=O) groups is 3. The second-order valence-corrected chi connectivity index (χ2v) is 32.5. The van der Waals surface area contributed by atoms with E-state index in [4.69, 9.17) is 24.4 Å². The molecule has 3 unspecified atom stereocenters. The zero-order valence-corrected chi connectivity index (χ0v) is 65.9. The molecule has 3 atom stereocenters. The maximum atomic E-state index is 13.0. The molecule has 6 aliphatic rings. The van der Waals surface area contributed by atoms with Crippen LogP contribution in [0.1, 0.15) is 157 Å². The Hall–Kier alpha value is -8.11. The molecule has 0 saturated carbocycles. The predicted octanol–water partition coefficient (Wildman–Crippen LogP) is 13.9. The van der Waals surface area contributed by atoms with Crippen molar-refractivity contribution in [1.82, 2.24) is 29.7 Å². The SMILES string of the molecule is COc1cc(C)cc2c1C(C1CCN(C(=O)Cc3cc[n+](O)cc3)CC1)c1ncc(Br)cc1CC2.COc1cc(C)cc2c1C(C1CCN(C(=O)Cc3cc[n+](O)cc3)CC1)c1ncc(Br)cc1CC2.Cc1cc(Br)c2c(c1)CCc1cc(Br)cnc1C2C1CCN(C(=O)Cc2cc[n+](O)cc2)CC1. The van der Waals surface area contributed by atoms with Crippen molar-refractivity contribution < 1.29 is 53.7 Å². The van der Waals surface area contributed by atoms with Gasteiger partial charge in [0.2, 0.25) is 54.9 Å². The van der Waals surface area contributed by atoms with Crippen molar-refractivity contribution in [2.75, 3.05) is 53.5 Å². The second-order valence-electron chi connectivity index (χ2n) is 28.9. The van der Waals surface area contributed by atoms with Crippen molar-refractivity contribution in [3.05, 3.63) is 265 Å². The number of ether oxygens (including phenoxy) is 2. The van der Waals surface area contributed by atoms with Crippen LogP contribution in [0.5, 0.6) is 11.5 Å². The Morgan fingerprint density at radius 3 is 0.971 bits per heavy atom. The topological polar surface area (TPSA) is 190 Å². The maximum Gasteiger partial charge on any atom is 0.226 e. The molecule has 3 aliphatic carbocycles. The van der Waals surface area contributed by atoms with E-state index in [0.717, 1.165) is 184 Å². The minimum atomic E-state index is 0.135. The number of rotatable bonds is 11. The van der Waals surface area contributed by atoms with Crippen molar-refractivity contribution in [1.29, 1.82) is 0 Å². The van der Waals surface area contributed by atoms with Crippen LogP contribution in [0.25, 0.3) is 0 Å². The summed E-state index contributed by atoms with van der Waals surface area (Å²) in [4.78, 5) is 59.7. The summed E-state index contributed by atoms with van der Waals surface area (Å²) in [7, 11) is 3.52. The van der Waals surface area contributed by atoms with E-state index in [9.17, 15) is 30.0 Å². The van der Waals surface area contributed by atoms with E-state index in [2.05, 4.69) is 139 Å². The Balaban J connectivity index is 0.000000139. The molecular formula is C83H90Br4N9O8+3. The summed E-state index contributed by atoms with van der Waals surface area (Å²) in [6, 6.07) is 30.8. The molecule has 104 heavy (non-hydrogen) atoms. The fraction of sp³-hybridized carbons (Fsp3) is 0.386. The standard InChI is InChI=1S/2C28H31BrN3O3.C27H28Br2N3O2/c2*1-18-13-21-3-4-22-16-23(29)17-30-28(22)27(26(21)24(14-18)35-2)20-7-9-31(10-8-20)25(33)15-19-5-11-32(34)12-6-19;1-17-12-20-2-3-21-15-22(28)16-30-27(21)26(25(20)23(29)13-17)19-6-8-31(9-7-19)24(33)14-18-4-10-32(34)11-5-18/h2*5-6,11-14,16-17,20,27,34H,3-4,7-10,15H2,1-2H3;4-5,10-13,15-16,19,26,34H,2-3,6-9,14H2,1H3/q3*+1. The number of amides is 3. The van der Waals surface area contributed by atoms with E-state index in [1.807, 2.05) is 33.3 Å². The van der Waals surface area contributed by atoms with Gasteiger partial charge >= 0.3 is 0 Å². The van der Waals surface area contributed by atoms with Gasteiger partial charge in [-0.05, 0) is 272 Å². The molecule has 9 aromatic rings. The minimum Gasteiger partial charge on any atom is -0.496 e. The summed E-state index contributed by atoms with van der Waals surface area (Å²) in [5, 5.41) is 28.3. The zero-order valence-electron chi connectivity index (χ0n) is 59.6. The molecule has 6 aromatic heterocycles. The fourth-order valence-corrected chi connectivity index (χ4v) is 19.0. The highest BCUT2D eigenvalue weighted by atomic mass is 79.9. The van der Waals surface area contributed by atoms with Crippen LogP contribution in [0.3, 0.4) is 0 Å². The first-order chi connectivity index (χ1) is 50.2. The van der Waals surface area contributed by atoms with Crippen molar-refractivity contribution in [3.63, 3.8) is 0 Å². The van der Waals surface area contributed by atoms with E-state index in [1.165, 1.54) is 76.9 Å². The minimum absolute atomic E-state index is 0.135. The predicted molar refractivity (Wildman–Crippen MR) is 408 cm³/mol. The third-order valence-electron chi connectivity index (χ3n) is 22.1. The molecule has 0 spiro atoms. The van der Waals surface area contributed by atoms with Crippen molar-refractivity contribution in [3.8, 4) is 11.5 Å². The Morgan fingerprint density at radius 2 is 0.673 bits per heavy atom. The van der Waals surface area contributed by atoms with Gasteiger partial charge in [-0.3, -0.25) is 45.0 Å². The summed E-state index contributed by atoms with van der Waals surface area (Å²) in [6.07, 6.45) is 27.6. The molecule has 3 fully saturated rings. The van der Waals surface area contributed by atoms with Crippen LogP contribution < -0.4 is 23.7 Å². The third kappa shape index (κ3) is 17.1. The first-order valence-electron chi connectivity index (χ1n) is 36.2. The molecule has 3 saturated heterocycles. The molecule has 3 aliphatic heterocycles. The largest absolute Gasteiger partial charge is 0.496 e. The highest BCUT2D eigenvalue weighted by Crippen LogP contribution is 2.50. The van der Waals surface area contributed by atoms with Gasteiger partial charge in [-0.15, -0.1) is 0 Å². The quantitative estimate of drug-likeness (QED) is 0.0825. The number of pyridine rings is 6. The number of hydrogen-bond donors (Lipinski definition) is 3. The third-order valence-corrected chi connectivity index (χ3v) is 24.0. The lowest BCUT2D eigenvalue weighted by molar-refractivity contribution is -0.904. The number of aryl methyl sites for hydroxylation is 9. The number of methoxy groups -OCH3 is 2. The molecule has 15 rings (SSSR count). The van der Waals surface area contributed by atoms with Gasteiger partial charge < -0.3 is 24.2 Å². The average molecular weight is 1660 g/mol. The Morgan fingerprint density at radius 1 is 0.404 bits per heavy atom. The molecule has 0 radical (unpaired) electrons. The van der Waals surface area contributed by atoms with Crippen LogP contribution >= 0.6 is 63.7 Å². The zero-order chi connectivity index (χ0) is 72.9. The number of nitrogens with zero attached hydrogens (tertiary/aromatic N) is 9. The van der Waals surface area contributed by atoms with E-state index >= 15 is 0 Å². The number of piperidine rings is 3. The van der Waals surface area contributed by atoms with Gasteiger partial charge in [0, 0.05) is 155 Å². The Labute approximate surface area is 642 Å². The smallest absolute Gasteiger partial charge is 0.226 e. The van der Waals surface area contributed by atoms with Crippen LogP contribution in [-0.2, 0) is 72.2 Å². The molecular weight excluding hydrogens is 1570 g/mol. The second kappa shape index (κ2) is 33.1. The molecule has 540 valence electrons. The summed E-state index contributed by atoms with van der Waals surface area (Å²) in [6.45, 7) is 10.9. The van der Waals surface area contributed by atoms with Gasteiger partial charge in [0.15, 0.2) is 0 Å². The van der Waals surface area contributed by atoms with Crippen molar-refractivity contribution >= 4 is 81.4 Å². The molecule has 3 amide bonds. The number of benzene rings is 3. The molecule has 3 N–H and O–H groups in total. The van der Waals surface area contributed by atoms with Crippen LogP contribution in [0.4, 0.5) is 0 Å². The van der Waals surface area contributed by atoms with Gasteiger partial charge in [-0.2, -0.15) is 0 Å². The number of likely N-dealkylation sites (tertiary alicyclic amines) is 3. The van der Waals surface area contributed by atoms with Gasteiger partial charge in [0.05, 0.1) is 50.6 Å². The summed E-state index contributed by atoms with van der Waals surface area (Å²) in [5.41, 5.74) is 21.9. The molecule has 9 heterocycles. The summed E-state index contributed by atoms with van der Waals surface area (Å²) in [5.74, 6) is 4.03. The molecule has 21 heteroatoms. The van der Waals surface area contributed by atoms with E-state index in [-0.39, 0.29) is 35.5 Å². The number of carbonyl (C=O) groups excluding carboxylic acids is 3. The molecule has 0 bridgehead atoms. The monoisotopic (exact) mass is 1660 g/mol. The summed E-state index contributed by atoms with van der Waals surface area (Å²) < 4.78 is 19.0. The maximum absolute atomic E-state index is 13.0. The number of aromatic nitrogens is 6. The fourth-order valence-electron chi connectivity index (χ4n) is 17.0. The van der Waals surface area contributed by atoms with Crippen LogP contribution in [0.15, 0.2) is 165 Å². The lowest BCUT2D eigenvalue weighted by atomic mass is 9.76. The number of halogens is 4. The lowest BCUT2D eigenvalue weighted by Crippen LogP contribution is -2.41. The Bertz CT molecular complexity index is 4420. The van der Waals surface area contributed by atoms with Crippen molar-refractivity contribution in [2.45, 2.75) is 135 Å². The molecule has 3 aromatic carbocycles. The van der Waals surface area contributed by atoms with Crippen LogP contribution in [0, 0.1) is 38.5 Å². The van der Waals surface area contributed by atoms with E-state index < -0.39 is 0 Å². The average Bonchev–Trinajstić information content (AvgIpc) is 1.50. The number of hydrogen-bond acceptors (Lipinski definition) is 11. The van der Waals surface area contributed by atoms with Crippen LogP contribution in [0.2, 0.25) is 0 Å². The summed E-state index contributed by atoms with van der Waals surface area (Å²) >= 11 is 14.7. The first-order valence-corrected chi connectivity index (χ1v) is 39.4. The van der Waals surface area contributed by atoms with E-state index in [0.29, 0.717) is 37.0 Å². The van der Waals surface area contributed by atoms with Gasteiger partial charge in [0.1, 0.15) is 11.5 Å². The Kier molecular flexibility index (Phi) is 23.6.